The third kappa shape index (κ3) is 2.89. The molecule has 140 valence electrons. The first-order chi connectivity index (χ1) is 13.5. The predicted octanol–water partition coefficient (Wildman–Crippen LogP) is 3.11. The van der Waals surface area contributed by atoms with Crippen molar-refractivity contribution in [2.45, 2.75) is 0 Å². The average Bonchev–Trinajstić information content (AvgIpc) is 3.20. The Labute approximate surface area is 163 Å². The number of thiazole rings is 1. The Kier molecular flexibility index (Phi) is 4.32. The molecule has 0 saturated heterocycles. The number of carbonyl (C=O) groups is 1. The Morgan fingerprint density at radius 1 is 1.14 bits per heavy atom. The number of hydrogen-bond acceptors (Lipinski definition) is 7. The van der Waals surface area contributed by atoms with Crippen molar-refractivity contribution in [3.8, 4) is 17.3 Å². The van der Waals surface area contributed by atoms with Crippen LogP contribution in [0.1, 0.15) is 10.4 Å². The van der Waals surface area contributed by atoms with Gasteiger partial charge in [-0.3, -0.25) is 4.79 Å². The molecule has 28 heavy (non-hydrogen) atoms. The molecule has 0 spiro atoms. The first-order valence-corrected chi connectivity index (χ1v) is 9.04. The predicted molar refractivity (Wildman–Crippen MR) is 107 cm³/mol. The van der Waals surface area contributed by atoms with E-state index in [1.54, 1.807) is 24.3 Å². The molecule has 1 aliphatic heterocycles. The zero-order valence-electron chi connectivity index (χ0n) is 14.6. The van der Waals surface area contributed by atoms with E-state index in [0.29, 0.717) is 22.5 Å². The van der Waals surface area contributed by atoms with Crippen LogP contribution in [0.5, 0.6) is 11.6 Å². The van der Waals surface area contributed by atoms with E-state index >= 15 is 0 Å². The third-order valence-corrected chi connectivity index (χ3v) is 5.13. The van der Waals surface area contributed by atoms with E-state index in [2.05, 4.69) is 4.99 Å². The summed E-state index contributed by atoms with van der Waals surface area (Å²) in [5.41, 5.74) is 2.31. The lowest BCUT2D eigenvalue weighted by Gasteiger charge is -2.05. The SMILES string of the molecule is COC(=O)C1=Nc2ccccc2C1=Cc1sc(=O)n(-c2ccc(O)cc2)c1O. The fourth-order valence-electron chi connectivity index (χ4n) is 2.94. The fourth-order valence-corrected chi connectivity index (χ4v) is 3.77. The number of phenols is 1. The summed E-state index contributed by atoms with van der Waals surface area (Å²) >= 11 is 0.834. The second-order valence-electron chi connectivity index (χ2n) is 5.93. The fraction of sp³-hybridized carbons (Fsp3) is 0.0500. The van der Waals surface area contributed by atoms with E-state index in [1.165, 1.54) is 31.4 Å². The Balaban J connectivity index is 1.86. The highest BCUT2D eigenvalue weighted by Gasteiger charge is 2.28. The van der Waals surface area contributed by atoms with E-state index in [0.717, 1.165) is 15.9 Å². The molecular formula is C20H14N2O5S. The van der Waals surface area contributed by atoms with Gasteiger partial charge in [-0.05, 0) is 36.4 Å². The van der Waals surface area contributed by atoms with Crippen LogP contribution in [0.3, 0.4) is 0 Å². The molecule has 3 aromatic rings. The molecule has 2 heterocycles. The molecule has 0 amide bonds. The number of aromatic nitrogens is 1. The van der Waals surface area contributed by atoms with Crippen LogP contribution in [0, 0.1) is 0 Å². The van der Waals surface area contributed by atoms with Gasteiger partial charge in [0.2, 0.25) is 5.88 Å². The molecule has 8 heteroatoms. The van der Waals surface area contributed by atoms with Gasteiger partial charge in [0.05, 0.1) is 23.4 Å². The molecule has 0 aliphatic carbocycles. The Hall–Kier alpha value is -3.65. The zero-order valence-corrected chi connectivity index (χ0v) is 15.4. The molecule has 1 aromatic heterocycles. The molecule has 0 radical (unpaired) electrons. The number of rotatable bonds is 3. The molecule has 0 unspecified atom stereocenters. The minimum atomic E-state index is -0.604. The highest BCUT2D eigenvalue weighted by Crippen LogP contribution is 2.38. The maximum absolute atomic E-state index is 12.4. The van der Waals surface area contributed by atoms with Gasteiger partial charge in [-0.15, -0.1) is 0 Å². The molecule has 0 saturated carbocycles. The summed E-state index contributed by atoms with van der Waals surface area (Å²) in [6, 6.07) is 13.1. The van der Waals surface area contributed by atoms with E-state index in [1.807, 2.05) is 6.07 Å². The molecule has 2 N–H and O–H groups in total. The summed E-state index contributed by atoms with van der Waals surface area (Å²) in [4.78, 5) is 28.8. The van der Waals surface area contributed by atoms with Crippen LogP contribution >= 0.6 is 11.3 Å². The lowest BCUT2D eigenvalue weighted by molar-refractivity contribution is -0.132. The smallest absolute Gasteiger partial charge is 0.357 e. The number of benzene rings is 2. The number of aromatic hydroxyl groups is 2. The van der Waals surface area contributed by atoms with Crippen molar-refractivity contribution in [2.24, 2.45) is 4.99 Å². The highest BCUT2D eigenvalue weighted by molar-refractivity contribution is 7.10. The molecule has 0 atom stereocenters. The van der Waals surface area contributed by atoms with Crippen molar-refractivity contribution in [1.82, 2.24) is 4.57 Å². The lowest BCUT2D eigenvalue weighted by Crippen LogP contribution is -2.14. The Bertz CT molecular complexity index is 1200. The highest BCUT2D eigenvalue weighted by atomic mass is 32.1. The van der Waals surface area contributed by atoms with Crippen LogP contribution in [0.25, 0.3) is 17.3 Å². The van der Waals surface area contributed by atoms with E-state index < -0.39 is 10.8 Å². The van der Waals surface area contributed by atoms with Gasteiger partial charge in [0, 0.05) is 11.1 Å². The van der Waals surface area contributed by atoms with Crippen LogP contribution in [0.4, 0.5) is 5.69 Å². The van der Waals surface area contributed by atoms with Crippen molar-refractivity contribution < 1.29 is 19.7 Å². The number of carbonyl (C=O) groups excluding carboxylic acids is 1. The molecule has 0 bridgehead atoms. The van der Waals surface area contributed by atoms with Gasteiger partial charge in [-0.1, -0.05) is 29.5 Å². The van der Waals surface area contributed by atoms with E-state index in [4.69, 9.17) is 4.74 Å². The Morgan fingerprint density at radius 2 is 1.86 bits per heavy atom. The number of esters is 1. The average molecular weight is 394 g/mol. The maximum Gasteiger partial charge on any atom is 0.357 e. The normalized spacial score (nSPS) is 14.0. The monoisotopic (exact) mass is 394 g/mol. The summed E-state index contributed by atoms with van der Waals surface area (Å²) in [5.74, 6) is -0.815. The summed E-state index contributed by atoms with van der Waals surface area (Å²) in [6.45, 7) is 0. The van der Waals surface area contributed by atoms with Gasteiger partial charge >= 0.3 is 10.8 Å². The molecule has 4 rings (SSSR count). The van der Waals surface area contributed by atoms with Crippen molar-refractivity contribution in [3.63, 3.8) is 0 Å². The molecule has 0 fully saturated rings. The largest absolute Gasteiger partial charge is 0.508 e. The Morgan fingerprint density at radius 3 is 2.57 bits per heavy atom. The third-order valence-electron chi connectivity index (χ3n) is 4.26. The summed E-state index contributed by atoms with van der Waals surface area (Å²) < 4.78 is 5.94. The number of methoxy groups -OCH3 is 1. The van der Waals surface area contributed by atoms with Crippen LogP contribution in [0.2, 0.25) is 0 Å². The number of para-hydroxylation sites is 1. The summed E-state index contributed by atoms with van der Waals surface area (Å²) in [5, 5.41) is 20.1. The van der Waals surface area contributed by atoms with Gasteiger partial charge in [-0.25, -0.2) is 14.4 Å². The van der Waals surface area contributed by atoms with Crippen molar-refractivity contribution in [1.29, 1.82) is 0 Å². The quantitative estimate of drug-likeness (QED) is 0.665. The minimum absolute atomic E-state index is 0.0513. The zero-order chi connectivity index (χ0) is 19.8. The van der Waals surface area contributed by atoms with Gasteiger partial charge < -0.3 is 14.9 Å². The maximum atomic E-state index is 12.4. The number of phenolic OH excluding ortho intramolecular Hbond substituents is 1. The van der Waals surface area contributed by atoms with Gasteiger partial charge in [0.25, 0.3) is 0 Å². The van der Waals surface area contributed by atoms with Crippen LogP contribution < -0.4 is 4.87 Å². The second kappa shape index (κ2) is 6.82. The van der Waals surface area contributed by atoms with Crippen LogP contribution in [-0.4, -0.2) is 33.6 Å². The number of aliphatic imine (C=N–C) groups is 1. The number of fused-ring (bicyclic) bond motifs is 1. The van der Waals surface area contributed by atoms with Crippen molar-refractivity contribution in [3.05, 3.63) is 68.6 Å². The topological polar surface area (TPSA) is 101 Å². The summed E-state index contributed by atoms with van der Waals surface area (Å²) in [7, 11) is 1.27. The van der Waals surface area contributed by atoms with Crippen LogP contribution in [-0.2, 0) is 9.53 Å². The molecule has 1 aliphatic rings. The van der Waals surface area contributed by atoms with Crippen LogP contribution in [0.15, 0.2) is 58.3 Å². The molecule has 2 aromatic carbocycles. The van der Waals surface area contributed by atoms with Gasteiger partial charge in [0.1, 0.15) is 5.75 Å². The minimum Gasteiger partial charge on any atom is -0.508 e. The van der Waals surface area contributed by atoms with Gasteiger partial charge in [-0.2, -0.15) is 0 Å². The van der Waals surface area contributed by atoms with E-state index in [9.17, 15) is 19.8 Å². The van der Waals surface area contributed by atoms with Crippen molar-refractivity contribution in [2.75, 3.05) is 7.11 Å². The standard InChI is InChI=1S/C20H14N2O5S/c1-27-19(25)17-14(13-4-2-3-5-15(13)21-17)10-16-18(24)22(20(26)28-16)11-6-8-12(23)9-7-11/h2-10,23-24H,1H3. The molecular weight excluding hydrogens is 380 g/mol. The summed E-state index contributed by atoms with van der Waals surface area (Å²) in [6.07, 6.45) is 1.56. The molecule has 7 nitrogen and oxygen atoms in total. The number of hydrogen-bond donors (Lipinski definition) is 2. The lowest BCUT2D eigenvalue weighted by atomic mass is 10.0. The van der Waals surface area contributed by atoms with Crippen molar-refractivity contribution >= 4 is 40.4 Å². The second-order valence-corrected chi connectivity index (χ2v) is 6.93. The number of nitrogens with zero attached hydrogens (tertiary/aromatic N) is 2. The first kappa shape index (κ1) is 17.7. The van der Waals surface area contributed by atoms with Gasteiger partial charge in [0.15, 0.2) is 5.71 Å². The first-order valence-electron chi connectivity index (χ1n) is 8.22. The van der Waals surface area contributed by atoms with E-state index in [-0.39, 0.29) is 22.2 Å². The number of ether oxygens (including phenoxy) is 1.